The summed E-state index contributed by atoms with van der Waals surface area (Å²) < 4.78 is 0. The van der Waals surface area contributed by atoms with Crippen LogP contribution in [0.3, 0.4) is 0 Å². The van der Waals surface area contributed by atoms with Crippen LogP contribution >= 0.6 is 0 Å². The van der Waals surface area contributed by atoms with Gasteiger partial charge in [0.1, 0.15) is 0 Å². The molecule has 1 atom stereocenters. The Morgan fingerprint density at radius 3 is 2.74 bits per heavy atom. The Kier molecular flexibility index (Phi) is 4.73. The minimum atomic E-state index is -0.354. The fourth-order valence-corrected chi connectivity index (χ4v) is 3.88. The number of benzene rings is 2. The van der Waals surface area contributed by atoms with Crippen LogP contribution < -0.4 is 5.56 Å². The van der Waals surface area contributed by atoms with E-state index in [1.165, 1.54) is 23.3 Å². The van der Waals surface area contributed by atoms with Crippen LogP contribution in [0.1, 0.15) is 40.4 Å². The van der Waals surface area contributed by atoms with Crippen molar-refractivity contribution in [2.75, 3.05) is 13.7 Å². The molecule has 6 nitrogen and oxygen atoms in total. The summed E-state index contributed by atoms with van der Waals surface area (Å²) in [5, 5.41) is 8.73. The number of rotatable bonds is 4. The van der Waals surface area contributed by atoms with Crippen molar-refractivity contribution in [3.8, 4) is 0 Å². The van der Waals surface area contributed by atoms with Gasteiger partial charge in [0.15, 0.2) is 5.69 Å². The monoisotopic (exact) mass is 363 g/mol. The maximum atomic E-state index is 13.1. The number of H-pyrrole nitrogens is 1. The number of carbonyl (C=O) groups excluding carboxylic acids is 1. The van der Waals surface area contributed by atoms with Gasteiger partial charge in [-0.25, -0.2) is 10.2 Å². The molecule has 1 N–H and O–H groups in total. The quantitative estimate of drug-likeness (QED) is 0.723. The summed E-state index contributed by atoms with van der Waals surface area (Å²) in [4.78, 5) is 30.5. The lowest BCUT2D eigenvalue weighted by Crippen LogP contribution is -2.36. The lowest BCUT2D eigenvalue weighted by molar-refractivity contribution is -0.0992. The molecule has 0 aliphatic heterocycles. The zero-order valence-electron chi connectivity index (χ0n) is 15.1. The van der Waals surface area contributed by atoms with Gasteiger partial charge in [-0.15, -0.1) is 0 Å². The normalized spacial score (nSPS) is 16.1. The predicted molar refractivity (Wildman–Crippen MR) is 103 cm³/mol. The number of nitrogens with zero attached hydrogens (tertiary/aromatic N) is 2. The maximum Gasteiger partial charge on any atom is 0.298 e. The first-order chi connectivity index (χ1) is 13.2. The molecule has 138 valence electrons. The third kappa shape index (κ3) is 3.24. The van der Waals surface area contributed by atoms with Crippen molar-refractivity contribution in [1.82, 2.24) is 15.3 Å². The molecule has 1 aromatic heterocycles. The van der Waals surface area contributed by atoms with Crippen molar-refractivity contribution in [2.45, 2.75) is 25.2 Å². The number of aryl methyl sites for hydroxylation is 1. The number of fused-ring (bicyclic) bond motifs is 2. The first kappa shape index (κ1) is 17.4. The van der Waals surface area contributed by atoms with Gasteiger partial charge in [-0.1, -0.05) is 42.5 Å². The third-order valence-electron chi connectivity index (χ3n) is 5.23. The number of hydrogen-bond acceptors (Lipinski definition) is 4. The Morgan fingerprint density at radius 2 is 1.93 bits per heavy atom. The van der Waals surface area contributed by atoms with E-state index in [0.29, 0.717) is 17.3 Å². The zero-order valence-corrected chi connectivity index (χ0v) is 15.1. The van der Waals surface area contributed by atoms with Gasteiger partial charge in [-0.05, 0) is 36.5 Å². The molecule has 1 aliphatic rings. The van der Waals surface area contributed by atoms with Crippen LogP contribution in [0.4, 0.5) is 0 Å². The van der Waals surface area contributed by atoms with Gasteiger partial charge in [0, 0.05) is 11.3 Å². The number of aromatic amines is 1. The summed E-state index contributed by atoms with van der Waals surface area (Å²) >= 11 is 0. The average Bonchev–Trinajstić information content (AvgIpc) is 2.72. The van der Waals surface area contributed by atoms with Gasteiger partial charge in [-0.2, -0.15) is 5.10 Å². The molecule has 1 heterocycles. The van der Waals surface area contributed by atoms with E-state index >= 15 is 0 Å². The van der Waals surface area contributed by atoms with Crippen LogP contribution in [0.25, 0.3) is 10.8 Å². The fraction of sp³-hybridized carbons (Fsp3) is 0.286. The maximum absolute atomic E-state index is 13.1. The van der Waals surface area contributed by atoms with E-state index in [1.54, 1.807) is 24.3 Å². The van der Waals surface area contributed by atoms with E-state index in [9.17, 15) is 9.59 Å². The smallest absolute Gasteiger partial charge is 0.274 e. The molecule has 6 heteroatoms. The molecule has 4 rings (SSSR count). The Balaban J connectivity index is 1.66. The lowest BCUT2D eigenvalue weighted by atomic mass is 9.83. The van der Waals surface area contributed by atoms with Crippen molar-refractivity contribution in [3.63, 3.8) is 0 Å². The molecule has 3 aromatic rings. The third-order valence-corrected chi connectivity index (χ3v) is 5.23. The Hall–Kier alpha value is -2.99. The SMILES string of the molecule is CON(CC1CCCc2ccccc21)C(=O)c1n[nH]c(=O)c2ccccc12. The van der Waals surface area contributed by atoms with Gasteiger partial charge in [0.05, 0.1) is 19.0 Å². The second kappa shape index (κ2) is 7.32. The minimum Gasteiger partial charge on any atom is -0.274 e. The van der Waals surface area contributed by atoms with Crippen LogP contribution in [0.15, 0.2) is 53.3 Å². The second-order valence-electron chi connectivity index (χ2n) is 6.78. The number of carbonyl (C=O) groups is 1. The highest BCUT2D eigenvalue weighted by Gasteiger charge is 2.27. The van der Waals surface area contributed by atoms with E-state index < -0.39 is 0 Å². The van der Waals surface area contributed by atoms with Gasteiger partial charge < -0.3 is 0 Å². The zero-order chi connectivity index (χ0) is 18.8. The minimum absolute atomic E-state index is 0.191. The Labute approximate surface area is 156 Å². The molecule has 1 unspecified atom stereocenters. The van der Waals surface area contributed by atoms with Crippen LogP contribution in [0, 0.1) is 0 Å². The summed E-state index contributed by atoms with van der Waals surface area (Å²) in [6.45, 7) is 0.446. The van der Waals surface area contributed by atoms with E-state index in [-0.39, 0.29) is 23.1 Å². The first-order valence-electron chi connectivity index (χ1n) is 9.10. The number of nitrogens with one attached hydrogen (secondary N) is 1. The Morgan fingerprint density at radius 1 is 1.19 bits per heavy atom. The average molecular weight is 363 g/mol. The van der Waals surface area contributed by atoms with Crippen molar-refractivity contribution in [2.24, 2.45) is 0 Å². The van der Waals surface area contributed by atoms with Gasteiger partial charge in [0.25, 0.3) is 11.5 Å². The van der Waals surface area contributed by atoms with Crippen LogP contribution in [-0.4, -0.2) is 34.8 Å². The number of hydroxylamine groups is 2. The summed E-state index contributed by atoms with van der Waals surface area (Å²) in [7, 11) is 1.49. The van der Waals surface area contributed by atoms with Gasteiger partial charge in [0.2, 0.25) is 0 Å². The molecular weight excluding hydrogens is 342 g/mol. The predicted octanol–water partition coefficient (Wildman–Crippen LogP) is 3.05. The fourth-order valence-electron chi connectivity index (χ4n) is 3.88. The van der Waals surface area contributed by atoms with E-state index in [0.717, 1.165) is 19.3 Å². The molecule has 1 aliphatic carbocycles. The van der Waals surface area contributed by atoms with Gasteiger partial charge in [-0.3, -0.25) is 14.4 Å². The summed E-state index contributed by atoms with van der Waals surface area (Å²) in [5.74, 6) is -0.138. The molecule has 0 fully saturated rings. The van der Waals surface area contributed by atoms with Crippen molar-refractivity contribution < 1.29 is 9.63 Å². The molecule has 0 radical (unpaired) electrons. The van der Waals surface area contributed by atoms with Gasteiger partial charge >= 0.3 is 0 Å². The molecule has 0 bridgehead atoms. The Bertz CT molecular complexity index is 1040. The topological polar surface area (TPSA) is 75.3 Å². The highest BCUT2D eigenvalue weighted by atomic mass is 16.7. The first-order valence-corrected chi connectivity index (χ1v) is 9.10. The second-order valence-corrected chi connectivity index (χ2v) is 6.78. The standard InChI is InChI=1S/C21H21N3O3/c1-27-24(13-15-9-6-8-14-7-2-3-10-16(14)15)21(26)19-17-11-4-5-12-18(17)20(25)23-22-19/h2-5,7,10-12,15H,6,8-9,13H2,1H3,(H,23,25). The highest BCUT2D eigenvalue weighted by molar-refractivity contribution is 6.04. The van der Waals surface area contributed by atoms with Crippen LogP contribution in [0.2, 0.25) is 0 Å². The molecule has 0 saturated carbocycles. The molecule has 0 saturated heterocycles. The molecule has 27 heavy (non-hydrogen) atoms. The van der Waals surface area contributed by atoms with Crippen LogP contribution in [0.5, 0.6) is 0 Å². The molecule has 0 spiro atoms. The lowest BCUT2D eigenvalue weighted by Gasteiger charge is -2.30. The highest BCUT2D eigenvalue weighted by Crippen LogP contribution is 2.32. The summed E-state index contributed by atoms with van der Waals surface area (Å²) in [5.41, 5.74) is 2.49. The van der Waals surface area contributed by atoms with Crippen molar-refractivity contribution >= 4 is 16.7 Å². The largest absolute Gasteiger partial charge is 0.298 e. The summed E-state index contributed by atoms with van der Waals surface area (Å²) in [6.07, 6.45) is 3.16. The van der Waals surface area contributed by atoms with E-state index in [2.05, 4.69) is 28.4 Å². The number of hydrogen-bond donors (Lipinski definition) is 1. The van der Waals surface area contributed by atoms with Crippen molar-refractivity contribution in [3.05, 3.63) is 75.7 Å². The van der Waals surface area contributed by atoms with E-state index in [1.807, 2.05) is 6.07 Å². The van der Waals surface area contributed by atoms with Crippen molar-refractivity contribution in [1.29, 1.82) is 0 Å². The number of amides is 1. The van der Waals surface area contributed by atoms with Crippen LogP contribution in [-0.2, 0) is 11.3 Å². The van der Waals surface area contributed by atoms with E-state index in [4.69, 9.17) is 4.84 Å². The molecular formula is C21H21N3O3. The molecule has 1 amide bonds. The number of aromatic nitrogens is 2. The summed E-state index contributed by atoms with van der Waals surface area (Å²) in [6, 6.07) is 15.3. The molecule has 2 aromatic carbocycles.